The minimum Gasteiger partial charge on any atom is -0.414 e. The summed E-state index contributed by atoms with van der Waals surface area (Å²) < 4.78 is 30.9. The summed E-state index contributed by atoms with van der Waals surface area (Å²) >= 11 is 0.389. The van der Waals surface area contributed by atoms with Gasteiger partial charge in [-0.3, -0.25) is 8.98 Å². The highest BCUT2D eigenvalue weighted by Gasteiger charge is 2.68. The van der Waals surface area contributed by atoms with Gasteiger partial charge in [-0.25, -0.2) is 5.26 Å². The average molecular weight is 538 g/mol. The third-order valence-electron chi connectivity index (χ3n) is 7.33. The maximum absolute atomic E-state index is 12.1. The van der Waals surface area contributed by atoms with Crippen molar-refractivity contribution in [3.05, 3.63) is 12.2 Å². The number of carbonyl (C=O) groups is 1. The maximum atomic E-state index is 12.1. The van der Waals surface area contributed by atoms with E-state index in [9.17, 15) is 9.90 Å². The van der Waals surface area contributed by atoms with Crippen molar-refractivity contribution in [3.63, 3.8) is 0 Å². The van der Waals surface area contributed by atoms with Crippen LogP contribution in [0.2, 0.25) is 22.2 Å². The molecule has 2 fully saturated rings. The normalized spacial score (nSPS) is 34.5. The molecule has 1 aliphatic carbocycles. The number of rotatable bonds is 9. The lowest BCUT2D eigenvalue weighted by atomic mass is 9.70. The molecule has 0 saturated carbocycles. The first-order valence-corrected chi connectivity index (χ1v) is 16.5. The van der Waals surface area contributed by atoms with Crippen LogP contribution in [0.1, 0.15) is 61.8 Å². The second-order valence-electron chi connectivity index (χ2n) is 10.8. The molecule has 3 N–H and O–H groups in total. The van der Waals surface area contributed by atoms with E-state index in [2.05, 4.69) is 70.1 Å². The number of aliphatic hydroxyl groups is 1. The molecule has 1 amide bonds. The molecule has 196 valence electrons. The zero-order chi connectivity index (χ0) is 25.5. The lowest BCUT2D eigenvalue weighted by Gasteiger charge is -2.55. The van der Waals surface area contributed by atoms with Gasteiger partial charge < -0.3 is 23.4 Å². The van der Waals surface area contributed by atoms with Gasteiger partial charge in [-0.15, -0.1) is 4.33 Å². The molecule has 2 aliphatic heterocycles. The summed E-state index contributed by atoms with van der Waals surface area (Å²) in [5.41, 5.74) is -2.05. The number of amides is 1. The summed E-state index contributed by atoms with van der Waals surface area (Å²) in [6.07, 6.45) is 2.09. The molecule has 4 atom stereocenters. The van der Waals surface area contributed by atoms with E-state index in [0.717, 1.165) is 0 Å². The Morgan fingerprint density at radius 2 is 1.53 bits per heavy atom. The van der Waals surface area contributed by atoms with Crippen LogP contribution in [-0.2, 0) is 31.3 Å². The SMILES string of the molecule is CC(C)[Si]1(C(C)C)O[C@@H]2[C@H](O[Si](C(C)C)(C(C)C)O1)[C@](O)(COSOOO)C=C[C@]21CC(=O)N1. The topological polar surface area (TPSA) is 125 Å². The minimum atomic E-state index is -3.00. The number of β-lactam (4-membered cyclic amide) rings is 1. The summed E-state index contributed by atoms with van der Waals surface area (Å²) in [6, 6.07) is 0. The molecule has 0 aromatic carbocycles. The van der Waals surface area contributed by atoms with E-state index in [1.54, 1.807) is 12.2 Å². The fraction of sp³-hybridized carbons (Fsp3) is 0.857. The van der Waals surface area contributed by atoms with Gasteiger partial charge >= 0.3 is 17.1 Å². The predicted molar refractivity (Wildman–Crippen MR) is 131 cm³/mol. The van der Waals surface area contributed by atoms with Crippen molar-refractivity contribution in [2.24, 2.45) is 0 Å². The van der Waals surface area contributed by atoms with E-state index in [-0.39, 0.29) is 41.1 Å². The number of carbonyl (C=O) groups excluding carboxylic acids is 1. The van der Waals surface area contributed by atoms with Gasteiger partial charge in [0.1, 0.15) is 17.8 Å². The maximum Gasteiger partial charge on any atom is 0.335 e. The van der Waals surface area contributed by atoms with Crippen LogP contribution in [-0.4, -0.2) is 63.3 Å². The van der Waals surface area contributed by atoms with Crippen LogP contribution < -0.4 is 5.32 Å². The molecule has 0 bridgehead atoms. The Kier molecular flexibility index (Phi) is 8.48. The van der Waals surface area contributed by atoms with E-state index < -0.39 is 40.5 Å². The third-order valence-corrected chi connectivity index (χ3v) is 17.9. The van der Waals surface area contributed by atoms with Crippen LogP contribution in [0.3, 0.4) is 0 Å². The van der Waals surface area contributed by atoms with E-state index in [0.29, 0.717) is 12.3 Å². The molecular weight excluding hydrogens is 498 g/mol. The molecule has 34 heavy (non-hydrogen) atoms. The Morgan fingerprint density at radius 1 is 1.03 bits per heavy atom. The summed E-state index contributed by atoms with van der Waals surface area (Å²) in [4.78, 5) is 12.1. The fourth-order valence-corrected chi connectivity index (χ4v) is 17.1. The van der Waals surface area contributed by atoms with Crippen molar-refractivity contribution in [2.45, 2.75) is 107 Å². The highest BCUT2D eigenvalue weighted by Crippen LogP contribution is 2.52. The van der Waals surface area contributed by atoms with Crippen molar-refractivity contribution >= 4 is 35.4 Å². The molecular formula is C21H39NO9SSi2. The Morgan fingerprint density at radius 3 is 1.97 bits per heavy atom. The van der Waals surface area contributed by atoms with Gasteiger partial charge in [0.2, 0.25) is 5.91 Å². The Hall–Kier alpha value is -0.326. The fourth-order valence-electron chi connectivity index (χ4n) is 5.45. The van der Waals surface area contributed by atoms with E-state index in [1.165, 1.54) is 0 Å². The predicted octanol–water partition coefficient (Wildman–Crippen LogP) is 3.87. The van der Waals surface area contributed by atoms with Gasteiger partial charge in [0, 0.05) is 0 Å². The molecule has 2 heterocycles. The molecule has 0 radical (unpaired) electrons. The minimum absolute atomic E-state index is 0.0720. The average Bonchev–Trinajstić information content (AvgIpc) is 2.91. The second-order valence-corrected chi connectivity index (χ2v) is 20.1. The van der Waals surface area contributed by atoms with Crippen molar-refractivity contribution in [1.29, 1.82) is 0 Å². The van der Waals surface area contributed by atoms with Gasteiger partial charge in [-0.1, -0.05) is 66.5 Å². The molecule has 10 nitrogen and oxygen atoms in total. The van der Waals surface area contributed by atoms with E-state index >= 15 is 0 Å². The van der Waals surface area contributed by atoms with Crippen molar-refractivity contribution in [3.8, 4) is 0 Å². The number of hydrogen-bond acceptors (Lipinski definition) is 10. The Balaban J connectivity index is 2.17. The van der Waals surface area contributed by atoms with Crippen LogP contribution in [0.25, 0.3) is 0 Å². The number of nitrogens with one attached hydrogen (secondary N) is 1. The molecule has 3 rings (SSSR count). The van der Waals surface area contributed by atoms with Crippen molar-refractivity contribution in [1.82, 2.24) is 5.32 Å². The summed E-state index contributed by atoms with van der Waals surface area (Å²) in [7, 11) is -5.94. The van der Waals surface area contributed by atoms with Gasteiger partial charge in [0.25, 0.3) is 0 Å². The third kappa shape index (κ3) is 4.69. The summed E-state index contributed by atoms with van der Waals surface area (Å²) in [6.45, 7) is 16.7. The smallest absolute Gasteiger partial charge is 0.335 e. The zero-order valence-corrected chi connectivity index (χ0v) is 24.0. The summed E-state index contributed by atoms with van der Waals surface area (Å²) in [5, 5.41) is 26.8. The lowest BCUT2D eigenvalue weighted by molar-refractivity contribution is -0.434. The Bertz CT molecular complexity index is 757. The lowest BCUT2D eigenvalue weighted by Crippen LogP contribution is -2.75. The molecule has 0 unspecified atom stereocenters. The van der Waals surface area contributed by atoms with Gasteiger partial charge in [-0.05, 0) is 28.2 Å². The Labute approximate surface area is 208 Å². The monoisotopic (exact) mass is 537 g/mol. The van der Waals surface area contributed by atoms with Crippen LogP contribution in [0.15, 0.2) is 12.2 Å². The molecule has 0 aromatic rings. The van der Waals surface area contributed by atoms with Crippen LogP contribution in [0, 0.1) is 0 Å². The zero-order valence-electron chi connectivity index (χ0n) is 21.2. The highest BCUT2D eigenvalue weighted by atomic mass is 32.2. The molecule has 0 aromatic heterocycles. The molecule has 13 heteroatoms. The quantitative estimate of drug-likeness (QED) is 0.0759. The first kappa shape index (κ1) is 28.2. The summed E-state index contributed by atoms with van der Waals surface area (Å²) in [5.74, 6) is -0.0829. The first-order valence-electron chi connectivity index (χ1n) is 11.8. The molecule has 1 spiro atoms. The first-order chi connectivity index (χ1) is 15.8. The molecule has 3 aliphatic rings. The number of fused-ring (bicyclic) bond motifs is 2. The van der Waals surface area contributed by atoms with Crippen LogP contribution >= 0.6 is 12.3 Å². The van der Waals surface area contributed by atoms with E-state index in [4.69, 9.17) is 22.4 Å². The van der Waals surface area contributed by atoms with Crippen LogP contribution in [0.4, 0.5) is 0 Å². The van der Waals surface area contributed by atoms with Gasteiger partial charge in [-0.2, -0.15) is 0 Å². The number of hydrogen-bond donors (Lipinski definition) is 3. The molecule has 2 saturated heterocycles. The van der Waals surface area contributed by atoms with Gasteiger partial charge in [0.15, 0.2) is 12.3 Å². The standard InChI is InChI=1S/C21H39NO9SSi2/c1-13(2)33(14(3)4)27-18-19(28-34(31-33,15(5)6)16(7)8)21(24,12-26-32-30-29-25)10-9-20(18)11-17(23)22-20/h9-10,13-16,18-19,24-25H,11-12H2,1-8H3,(H,22,23)/t18-,19+,20+,21-/m1/s1. The van der Waals surface area contributed by atoms with Crippen LogP contribution in [0.5, 0.6) is 0 Å². The van der Waals surface area contributed by atoms with E-state index in [1.807, 2.05) is 0 Å². The largest absolute Gasteiger partial charge is 0.414 e. The highest BCUT2D eigenvalue weighted by molar-refractivity contribution is 7.89. The van der Waals surface area contributed by atoms with Gasteiger partial charge in [0.05, 0.1) is 18.6 Å². The second kappa shape index (κ2) is 10.2. The van der Waals surface area contributed by atoms with Crippen molar-refractivity contribution < 1.29 is 41.7 Å². The van der Waals surface area contributed by atoms with Crippen molar-refractivity contribution in [2.75, 3.05) is 6.61 Å².